The lowest BCUT2D eigenvalue weighted by Crippen LogP contribution is -2.35. The topological polar surface area (TPSA) is 77.8 Å². The molecule has 0 amide bonds. The van der Waals surface area contributed by atoms with Gasteiger partial charge in [0.25, 0.3) is 0 Å². The van der Waals surface area contributed by atoms with Crippen LogP contribution in [0.4, 0.5) is 0 Å². The Balaban J connectivity index is 1.94. The summed E-state index contributed by atoms with van der Waals surface area (Å²) in [7, 11) is -3.31. The van der Waals surface area contributed by atoms with E-state index in [0.717, 1.165) is 25.7 Å². The van der Waals surface area contributed by atoms with E-state index in [1.807, 2.05) is 0 Å². The van der Waals surface area contributed by atoms with Gasteiger partial charge in [-0.3, -0.25) is 0 Å². The Kier molecular flexibility index (Phi) is 4.07. The van der Waals surface area contributed by atoms with Crippen molar-refractivity contribution in [2.75, 3.05) is 18.8 Å². The number of β-amino-alcohol motifs (C(OH)–C–C–N with tert-alkyl or cyclic N) is 2. The van der Waals surface area contributed by atoms with Gasteiger partial charge >= 0.3 is 0 Å². The highest BCUT2D eigenvalue weighted by atomic mass is 32.2. The average molecular weight is 263 g/mol. The van der Waals surface area contributed by atoms with Crippen molar-refractivity contribution in [3.63, 3.8) is 0 Å². The molecule has 1 saturated carbocycles. The monoisotopic (exact) mass is 263 g/mol. The van der Waals surface area contributed by atoms with Gasteiger partial charge in [-0.2, -0.15) is 4.31 Å². The number of rotatable bonds is 3. The van der Waals surface area contributed by atoms with Crippen LogP contribution in [0, 0.1) is 5.92 Å². The van der Waals surface area contributed by atoms with Crippen LogP contribution in [0.15, 0.2) is 0 Å². The highest BCUT2D eigenvalue weighted by Gasteiger charge is 2.37. The van der Waals surface area contributed by atoms with Gasteiger partial charge in [0.15, 0.2) is 0 Å². The molecular weight excluding hydrogens is 242 g/mol. The first-order chi connectivity index (χ1) is 7.99. The molecule has 5 nitrogen and oxygen atoms in total. The van der Waals surface area contributed by atoms with Gasteiger partial charge < -0.3 is 10.2 Å². The SMILES string of the molecule is O=S(=O)(CC1CCCCC1)N1CC(O)C(O)C1. The van der Waals surface area contributed by atoms with Crippen molar-refractivity contribution in [3.05, 3.63) is 0 Å². The fourth-order valence-electron chi connectivity index (χ4n) is 2.72. The Hall–Kier alpha value is -0.170. The number of sulfonamides is 1. The first-order valence-corrected chi connectivity index (χ1v) is 7.94. The second-order valence-electron chi connectivity index (χ2n) is 5.23. The molecule has 2 atom stereocenters. The van der Waals surface area contributed by atoms with E-state index in [1.54, 1.807) is 0 Å². The van der Waals surface area contributed by atoms with Crippen molar-refractivity contribution in [1.82, 2.24) is 4.31 Å². The van der Waals surface area contributed by atoms with Gasteiger partial charge in [0.05, 0.1) is 18.0 Å². The van der Waals surface area contributed by atoms with Crippen molar-refractivity contribution >= 4 is 10.0 Å². The Morgan fingerprint density at radius 3 is 2.06 bits per heavy atom. The minimum Gasteiger partial charge on any atom is -0.389 e. The molecule has 100 valence electrons. The summed E-state index contributed by atoms with van der Waals surface area (Å²) < 4.78 is 25.4. The summed E-state index contributed by atoms with van der Waals surface area (Å²) in [6.07, 6.45) is 3.54. The van der Waals surface area contributed by atoms with Gasteiger partial charge in [0.2, 0.25) is 10.0 Å². The van der Waals surface area contributed by atoms with Gasteiger partial charge in [-0.15, -0.1) is 0 Å². The summed E-state index contributed by atoms with van der Waals surface area (Å²) in [6.45, 7) is 0.0758. The maximum absolute atomic E-state index is 12.1. The molecule has 1 aliphatic heterocycles. The Labute approximate surface area is 102 Å². The lowest BCUT2D eigenvalue weighted by Gasteiger charge is -2.24. The van der Waals surface area contributed by atoms with Crippen molar-refractivity contribution in [2.45, 2.75) is 44.3 Å². The normalized spacial score (nSPS) is 33.1. The minimum atomic E-state index is -3.31. The van der Waals surface area contributed by atoms with Gasteiger partial charge in [-0.1, -0.05) is 19.3 Å². The molecule has 0 aromatic heterocycles. The molecule has 2 fully saturated rings. The molecule has 1 aliphatic carbocycles. The van der Waals surface area contributed by atoms with Gasteiger partial charge in [0, 0.05) is 13.1 Å². The summed E-state index contributed by atoms with van der Waals surface area (Å²) in [6, 6.07) is 0. The Morgan fingerprint density at radius 1 is 1.00 bits per heavy atom. The predicted octanol–water partition coefficient (Wildman–Crippen LogP) is -0.0661. The number of hydrogen-bond donors (Lipinski definition) is 2. The summed E-state index contributed by atoms with van der Waals surface area (Å²) in [5, 5.41) is 18.8. The van der Waals surface area contributed by atoms with E-state index in [1.165, 1.54) is 10.7 Å². The lowest BCUT2D eigenvalue weighted by molar-refractivity contribution is 0.0572. The molecule has 1 heterocycles. The molecular formula is C11H21NO4S. The standard InChI is InChI=1S/C11H21NO4S/c13-10-6-12(7-11(10)14)17(15,16)8-9-4-2-1-3-5-9/h9-11,13-14H,1-8H2. The maximum Gasteiger partial charge on any atom is 0.214 e. The van der Waals surface area contributed by atoms with Crippen LogP contribution >= 0.6 is 0 Å². The highest BCUT2D eigenvalue weighted by molar-refractivity contribution is 7.89. The minimum absolute atomic E-state index is 0.0379. The molecule has 1 saturated heterocycles. The quantitative estimate of drug-likeness (QED) is 0.747. The van der Waals surface area contributed by atoms with Crippen LogP contribution < -0.4 is 0 Å². The van der Waals surface area contributed by atoms with E-state index in [0.29, 0.717) is 0 Å². The summed E-state index contributed by atoms with van der Waals surface area (Å²) in [5.41, 5.74) is 0. The van der Waals surface area contributed by atoms with E-state index < -0.39 is 22.2 Å². The smallest absolute Gasteiger partial charge is 0.214 e. The first kappa shape index (κ1) is 13.3. The van der Waals surface area contributed by atoms with Crippen LogP contribution in [0.3, 0.4) is 0 Å². The van der Waals surface area contributed by atoms with Crippen LogP contribution in [0.5, 0.6) is 0 Å². The number of aliphatic hydroxyl groups is 2. The third kappa shape index (κ3) is 3.19. The molecule has 2 aliphatic rings. The average Bonchev–Trinajstić information content (AvgIpc) is 2.61. The van der Waals surface area contributed by atoms with Crippen LogP contribution in [0.1, 0.15) is 32.1 Å². The maximum atomic E-state index is 12.1. The van der Waals surface area contributed by atoms with Crippen LogP contribution in [0.2, 0.25) is 0 Å². The van der Waals surface area contributed by atoms with E-state index in [-0.39, 0.29) is 24.8 Å². The zero-order chi connectivity index (χ0) is 12.5. The summed E-state index contributed by atoms with van der Waals surface area (Å²) in [4.78, 5) is 0. The van der Waals surface area contributed by atoms with Crippen molar-refractivity contribution in [1.29, 1.82) is 0 Å². The van der Waals surface area contributed by atoms with Crippen molar-refractivity contribution in [3.8, 4) is 0 Å². The van der Waals surface area contributed by atoms with E-state index in [4.69, 9.17) is 0 Å². The molecule has 17 heavy (non-hydrogen) atoms. The largest absolute Gasteiger partial charge is 0.389 e. The molecule has 2 unspecified atom stereocenters. The van der Waals surface area contributed by atoms with Gasteiger partial charge in [0.1, 0.15) is 0 Å². The number of hydrogen-bond acceptors (Lipinski definition) is 4. The zero-order valence-corrected chi connectivity index (χ0v) is 10.8. The van der Waals surface area contributed by atoms with Gasteiger partial charge in [-0.05, 0) is 18.8 Å². The molecule has 0 bridgehead atoms. The Bertz CT molecular complexity index is 340. The molecule has 2 rings (SSSR count). The summed E-state index contributed by atoms with van der Waals surface area (Å²) >= 11 is 0. The molecule has 2 N–H and O–H groups in total. The molecule has 0 radical (unpaired) electrons. The van der Waals surface area contributed by atoms with Crippen LogP contribution in [-0.2, 0) is 10.0 Å². The molecule has 0 spiro atoms. The number of aliphatic hydroxyl groups excluding tert-OH is 2. The molecule has 0 aromatic carbocycles. The van der Waals surface area contributed by atoms with Crippen molar-refractivity contribution < 1.29 is 18.6 Å². The van der Waals surface area contributed by atoms with Gasteiger partial charge in [-0.25, -0.2) is 8.42 Å². The number of nitrogens with zero attached hydrogens (tertiary/aromatic N) is 1. The zero-order valence-electron chi connectivity index (χ0n) is 9.96. The fraction of sp³-hybridized carbons (Fsp3) is 1.00. The second-order valence-corrected chi connectivity index (χ2v) is 7.25. The lowest BCUT2D eigenvalue weighted by atomic mass is 9.91. The second kappa shape index (κ2) is 5.22. The van der Waals surface area contributed by atoms with E-state index >= 15 is 0 Å². The van der Waals surface area contributed by atoms with Crippen molar-refractivity contribution in [2.24, 2.45) is 5.92 Å². The van der Waals surface area contributed by atoms with Crippen LogP contribution in [0.25, 0.3) is 0 Å². The molecule has 6 heteroatoms. The Morgan fingerprint density at radius 2 is 1.53 bits per heavy atom. The van der Waals surface area contributed by atoms with E-state index in [2.05, 4.69) is 0 Å². The van der Waals surface area contributed by atoms with Crippen LogP contribution in [-0.4, -0.2) is 54.0 Å². The highest BCUT2D eigenvalue weighted by Crippen LogP contribution is 2.26. The fourth-order valence-corrected chi connectivity index (χ4v) is 4.62. The van der Waals surface area contributed by atoms with E-state index in [9.17, 15) is 18.6 Å². The molecule has 0 aromatic rings. The third-order valence-corrected chi connectivity index (χ3v) is 5.77. The first-order valence-electron chi connectivity index (χ1n) is 6.33. The third-order valence-electron chi connectivity index (χ3n) is 3.79. The predicted molar refractivity (Wildman–Crippen MR) is 63.9 cm³/mol. The summed E-state index contributed by atoms with van der Waals surface area (Å²) in [5.74, 6) is 0.426.